The normalized spacial score (nSPS) is 10.6. The van der Waals surface area contributed by atoms with E-state index in [1.165, 1.54) is 22.8 Å². The molecule has 1 aromatic heterocycles. The van der Waals surface area contributed by atoms with Gasteiger partial charge in [-0.05, 0) is 55.3 Å². The second-order valence-electron chi connectivity index (χ2n) is 7.29. The average molecular weight is 488 g/mol. The predicted molar refractivity (Wildman–Crippen MR) is 130 cm³/mol. The van der Waals surface area contributed by atoms with Crippen molar-refractivity contribution in [2.45, 2.75) is 26.4 Å². The van der Waals surface area contributed by atoms with Gasteiger partial charge in [0.25, 0.3) is 11.5 Å². The number of aryl methyl sites for hydroxylation is 1. The highest BCUT2D eigenvalue weighted by Crippen LogP contribution is 2.21. The van der Waals surface area contributed by atoms with Crippen LogP contribution in [0.3, 0.4) is 0 Å². The Labute approximate surface area is 201 Å². The molecule has 0 saturated heterocycles. The number of nitrogens with one attached hydrogen (secondary N) is 2. The Morgan fingerprint density at radius 2 is 1.73 bits per heavy atom. The number of carboxylic acids is 1. The first-order valence-electron chi connectivity index (χ1n) is 10.3. The molecule has 9 heteroatoms. The van der Waals surface area contributed by atoms with Crippen molar-refractivity contribution in [3.63, 3.8) is 0 Å². The minimum Gasteiger partial charge on any atom is -0.478 e. The van der Waals surface area contributed by atoms with Crippen LogP contribution in [0.4, 0.5) is 5.69 Å². The summed E-state index contributed by atoms with van der Waals surface area (Å²) in [6.07, 6.45) is 0.482. The Kier molecular flexibility index (Phi) is 8.14. The first kappa shape index (κ1) is 24.4. The number of pyridine rings is 1. The number of hydrogen-bond donors (Lipinski definition) is 3. The van der Waals surface area contributed by atoms with E-state index in [9.17, 15) is 14.4 Å². The molecule has 33 heavy (non-hydrogen) atoms. The standard InChI is InChI=1S/C24H23Cl2N3O4/c1-2-27-22(30)17-4-3-5-18(12-17)28-14-21-19(25)13-20(26)23(31)29(21)11-10-15-6-8-16(9-7-15)24(32)33/h3-9,12-13,28H,2,10-11,14H2,1H3,(H,27,30)(H,32,33). The Hall–Kier alpha value is -3.29. The third kappa shape index (κ3) is 6.15. The smallest absolute Gasteiger partial charge is 0.335 e. The number of benzene rings is 2. The fraction of sp³-hybridized carbons (Fsp3) is 0.208. The summed E-state index contributed by atoms with van der Waals surface area (Å²) in [6.45, 7) is 2.92. The summed E-state index contributed by atoms with van der Waals surface area (Å²) in [7, 11) is 0. The van der Waals surface area contributed by atoms with Crippen LogP contribution in [0.1, 0.15) is 38.9 Å². The van der Waals surface area contributed by atoms with E-state index in [2.05, 4.69) is 10.6 Å². The predicted octanol–water partition coefficient (Wildman–Crippen LogP) is 4.46. The Bertz CT molecular complexity index is 1220. The molecule has 0 unspecified atom stereocenters. The van der Waals surface area contributed by atoms with Crippen LogP contribution in [-0.2, 0) is 19.5 Å². The molecule has 1 heterocycles. The molecule has 0 bridgehead atoms. The van der Waals surface area contributed by atoms with E-state index < -0.39 is 5.97 Å². The SMILES string of the molecule is CCNC(=O)c1cccc(NCc2c(Cl)cc(Cl)c(=O)n2CCc2ccc(C(=O)O)cc2)c1. The van der Waals surface area contributed by atoms with Crippen molar-refractivity contribution in [1.29, 1.82) is 0 Å². The van der Waals surface area contributed by atoms with Crippen molar-refractivity contribution in [3.05, 3.63) is 97.4 Å². The van der Waals surface area contributed by atoms with Gasteiger partial charge >= 0.3 is 5.97 Å². The number of hydrogen-bond acceptors (Lipinski definition) is 4. The minimum absolute atomic E-state index is 0.0169. The monoisotopic (exact) mass is 487 g/mol. The molecule has 0 aliphatic rings. The zero-order valence-corrected chi connectivity index (χ0v) is 19.4. The molecule has 0 spiro atoms. The number of amides is 1. The van der Waals surface area contributed by atoms with Gasteiger partial charge in [0, 0.05) is 24.3 Å². The number of carboxylic acid groups (broad SMARTS) is 1. The van der Waals surface area contributed by atoms with Gasteiger partial charge in [-0.25, -0.2) is 4.79 Å². The summed E-state index contributed by atoms with van der Waals surface area (Å²) in [6, 6.07) is 14.9. The summed E-state index contributed by atoms with van der Waals surface area (Å²) in [5.74, 6) is -1.17. The summed E-state index contributed by atoms with van der Waals surface area (Å²) in [4.78, 5) is 35.9. The van der Waals surface area contributed by atoms with E-state index in [4.69, 9.17) is 28.3 Å². The molecule has 3 aromatic rings. The molecule has 7 nitrogen and oxygen atoms in total. The van der Waals surface area contributed by atoms with Crippen molar-refractivity contribution in [3.8, 4) is 0 Å². The molecule has 3 N–H and O–H groups in total. The zero-order chi connectivity index (χ0) is 24.0. The van der Waals surface area contributed by atoms with Gasteiger partial charge < -0.3 is 20.3 Å². The van der Waals surface area contributed by atoms with Crippen LogP contribution in [-0.4, -0.2) is 28.1 Å². The summed E-state index contributed by atoms with van der Waals surface area (Å²) in [5, 5.41) is 15.4. The Morgan fingerprint density at radius 1 is 1.00 bits per heavy atom. The topological polar surface area (TPSA) is 100 Å². The van der Waals surface area contributed by atoms with Crippen LogP contribution in [0.2, 0.25) is 10.0 Å². The molecular formula is C24H23Cl2N3O4. The van der Waals surface area contributed by atoms with Crippen LogP contribution in [0.25, 0.3) is 0 Å². The van der Waals surface area contributed by atoms with Gasteiger partial charge in [0.1, 0.15) is 5.02 Å². The lowest BCUT2D eigenvalue weighted by atomic mass is 10.1. The molecule has 2 aromatic carbocycles. The third-order valence-corrected chi connectivity index (χ3v) is 5.65. The van der Waals surface area contributed by atoms with Crippen LogP contribution in [0, 0.1) is 0 Å². The number of rotatable bonds is 9. The van der Waals surface area contributed by atoms with Crippen molar-refractivity contribution in [2.75, 3.05) is 11.9 Å². The molecule has 0 atom stereocenters. The van der Waals surface area contributed by atoms with Crippen LogP contribution >= 0.6 is 23.2 Å². The van der Waals surface area contributed by atoms with Gasteiger partial charge in [-0.2, -0.15) is 0 Å². The van der Waals surface area contributed by atoms with Gasteiger partial charge in [-0.15, -0.1) is 0 Å². The number of nitrogens with zero attached hydrogens (tertiary/aromatic N) is 1. The van der Waals surface area contributed by atoms with E-state index in [0.717, 1.165) is 5.56 Å². The fourth-order valence-corrected chi connectivity index (χ4v) is 3.87. The summed E-state index contributed by atoms with van der Waals surface area (Å²) in [5.41, 5.74) is 2.48. The largest absolute Gasteiger partial charge is 0.478 e. The molecular weight excluding hydrogens is 465 g/mol. The molecule has 0 aliphatic carbocycles. The van der Waals surface area contributed by atoms with Crippen LogP contribution in [0.15, 0.2) is 59.4 Å². The quantitative estimate of drug-likeness (QED) is 0.413. The maximum atomic E-state index is 12.7. The summed E-state index contributed by atoms with van der Waals surface area (Å²) >= 11 is 12.5. The van der Waals surface area contributed by atoms with Gasteiger partial charge in [-0.1, -0.05) is 41.4 Å². The molecule has 0 saturated carbocycles. The van der Waals surface area contributed by atoms with Gasteiger partial charge in [0.05, 0.1) is 22.8 Å². The molecule has 1 amide bonds. The molecule has 0 fully saturated rings. The van der Waals surface area contributed by atoms with E-state index in [0.29, 0.717) is 41.5 Å². The Morgan fingerprint density at radius 3 is 2.39 bits per heavy atom. The number of carbonyl (C=O) groups is 2. The molecule has 172 valence electrons. The van der Waals surface area contributed by atoms with Gasteiger partial charge in [0.15, 0.2) is 0 Å². The second-order valence-corrected chi connectivity index (χ2v) is 8.10. The number of aromatic carboxylic acids is 1. The van der Waals surface area contributed by atoms with E-state index >= 15 is 0 Å². The van der Waals surface area contributed by atoms with Gasteiger partial charge in [-0.3, -0.25) is 9.59 Å². The lowest BCUT2D eigenvalue weighted by molar-refractivity contribution is 0.0696. The van der Waals surface area contributed by atoms with E-state index in [-0.39, 0.29) is 28.6 Å². The number of aromatic nitrogens is 1. The van der Waals surface area contributed by atoms with Crippen molar-refractivity contribution >= 4 is 40.8 Å². The van der Waals surface area contributed by atoms with Gasteiger partial charge in [0.2, 0.25) is 0 Å². The minimum atomic E-state index is -0.996. The highest BCUT2D eigenvalue weighted by Gasteiger charge is 2.14. The lowest BCUT2D eigenvalue weighted by Crippen LogP contribution is -2.26. The lowest BCUT2D eigenvalue weighted by Gasteiger charge is -2.17. The average Bonchev–Trinajstić information content (AvgIpc) is 2.80. The second kappa shape index (κ2) is 11.0. The molecule has 0 radical (unpaired) electrons. The first-order valence-corrected chi connectivity index (χ1v) is 11.1. The van der Waals surface area contributed by atoms with E-state index in [1.54, 1.807) is 30.3 Å². The van der Waals surface area contributed by atoms with Crippen molar-refractivity contribution in [1.82, 2.24) is 9.88 Å². The first-order chi connectivity index (χ1) is 15.8. The Balaban J connectivity index is 1.80. The summed E-state index contributed by atoms with van der Waals surface area (Å²) < 4.78 is 1.51. The van der Waals surface area contributed by atoms with Crippen LogP contribution in [0.5, 0.6) is 0 Å². The fourth-order valence-electron chi connectivity index (χ4n) is 3.33. The molecule has 3 rings (SSSR count). The highest BCUT2D eigenvalue weighted by molar-refractivity contribution is 6.34. The maximum absolute atomic E-state index is 12.7. The molecule has 0 aliphatic heterocycles. The third-order valence-electron chi connectivity index (χ3n) is 5.05. The number of carbonyl (C=O) groups excluding carboxylic acids is 1. The number of halogens is 2. The van der Waals surface area contributed by atoms with Crippen molar-refractivity contribution < 1.29 is 14.7 Å². The van der Waals surface area contributed by atoms with Crippen LogP contribution < -0.4 is 16.2 Å². The number of anilines is 1. The van der Waals surface area contributed by atoms with Crippen molar-refractivity contribution in [2.24, 2.45) is 0 Å². The highest BCUT2D eigenvalue weighted by atomic mass is 35.5. The maximum Gasteiger partial charge on any atom is 0.335 e. The zero-order valence-electron chi connectivity index (χ0n) is 17.9. The van der Waals surface area contributed by atoms with E-state index in [1.807, 2.05) is 13.0 Å².